The van der Waals surface area contributed by atoms with E-state index in [1.807, 2.05) is 32.7 Å². The van der Waals surface area contributed by atoms with Gasteiger partial charge in [0.2, 0.25) is 5.91 Å². The Morgan fingerprint density at radius 3 is 2.44 bits per heavy atom. The second kappa shape index (κ2) is 6.50. The van der Waals surface area contributed by atoms with Crippen LogP contribution in [0.5, 0.6) is 0 Å². The van der Waals surface area contributed by atoms with E-state index in [4.69, 9.17) is 4.74 Å². The summed E-state index contributed by atoms with van der Waals surface area (Å²) >= 11 is 0. The highest BCUT2D eigenvalue weighted by Gasteiger charge is 2.33. The predicted octanol–water partition coefficient (Wildman–Crippen LogP) is 0.373. The average Bonchev–Trinajstić information content (AvgIpc) is 2.27. The molecule has 0 radical (unpaired) electrons. The first-order chi connectivity index (χ1) is 8.34. The van der Waals surface area contributed by atoms with Crippen LogP contribution in [0.15, 0.2) is 0 Å². The van der Waals surface area contributed by atoms with Crippen molar-refractivity contribution in [3.8, 4) is 0 Å². The van der Waals surface area contributed by atoms with Gasteiger partial charge in [-0.05, 0) is 27.8 Å². The molecular weight excluding hydrogens is 232 g/mol. The minimum absolute atomic E-state index is 0.00293. The van der Waals surface area contributed by atoms with Gasteiger partial charge in [-0.1, -0.05) is 0 Å². The zero-order valence-corrected chi connectivity index (χ0v) is 11.9. The van der Waals surface area contributed by atoms with Crippen molar-refractivity contribution in [3.63, 3.8) is 0 Å². The van der Waals surface area contributed by atoms with Gasteiger partial charge in [0, 0.05) is 38.6 Å². The first-order valence-corrected chi connectivity index (χ1v) is 6.65. The van der Waals surface area contributed by atoms with Gasteiger partial charge in [-0.25, -0.2) is 0 Å². The second-order valence-corrected chi connectivity index (χ2v) is 5.59. The molecule has 1 rings (SSSR count). The Balaban J connectivity index is 2.48. The topological polar surface area (TPSA) is 61.8 Å². The number of nitrogens with one attached hydrogen (secondary N) is 1. The Morgan fingerprint density at radius 2 is 1.94 bits per heavy atom. The van der Waals surface area contributed by atoms with E-state index < -0.39 is 5.60 Å². The Morgan fingerprint density at radius 1 is 1.39 bits per heavy atom. The Hall–Kier alpha value is -0.650. The highest BCUT2D eigenvalue weighted by atomic mass is 16.5. The molecule has 1 atom stereocenters. The molecule has 106 valence electrons. The molecule has 0 aromatic rings. The molecule has 0 aromatic heterocycles. The summed E-state index contributed by atoms with van der Waals surface area (Å²) in [7, 11) is 1.87. The number of carbonyl (C=O) groups is 1. The van der Waals surface area contributed by atoms with Crippen LogP contribution in [0.4, 0.5) is 0 Å². The van der Waals surface area contributed by atoms with E-state index in [0.29, 0.717) is 32.6 Å². The van der Waals surface area contributed by atoms with Gasteiger partial charge in [0.1, 0.15) is 0 Å². The number of hydrogen-bond acceptors (Lipinski definition) is 4. The van der Waals surface area contributed by atoms with Gasteiger partial charge in [0.15, 0.2) is 0 Å². The summed E-state index contributed by atoms with van der Waals surface area (Å²) in [5, 5.41) is 13.3. The van der Waals surface area contributed by atoms with Crippen LogP contribution >= 0.6 is 0 Å². The molecule has 5 nitrogen and oxygen atoms in total. The van der Waals surface area contributed by atoms with Crippen molar-refractivity contribution >= 4 is 5.91 Å². The van der Waals surface area contributed by atoms with Crippen LogP contribution < -0.4 is 5.32 Å². The molecule has 0 aliphatic carbocycles. The van der Waals surface area contributed by atoms with Crippen molar-refractivity contribution < 1.29 is 14.6 Å². The second-order valence-electron chi connectivity index (χ2n) is 5.59. The summed E-state index contributed by atoms with van der Waals surface area (Å²) in [5.74, 6) is 0.00293. The lowest BCUT2D eigenvalue weighted by Crippen LogP contribution is -2.52. The summed E-state index contributed by atoms with van der Waals surface area (Å²) < 4.78 is 5.25. The first-order valence-electron chi connectivity index (χ1n) is 6.65. The number of rotatable bonds is 5. The number of amides is 1. The minimum Gasteiger partial charge on any atom is -0.388 e. The van der Waals surface area contributed by atoms with Gasteiger partial charge in [0.25, 0.3) is 0 Å². The molecule has 2 N–H and O–H groups in total. The van der Waals surface area contributed by atoms with Gasteiger partial charge in [-0.2, -0.15) is 0 Å². The van der Waals surface area contributed by atoms with Crippen LogP contribution in [0.25, 0.3) is 0 Å². The number of likely N-dealkylation sites (N-methyl/N-ethyl adjacent to an activating group) is 1. The minimum atomic E-state index is -0.723. The van der Waals surface area contributed by atoms with E-state index in [0.717, 1.165) is 0 Å². The van der Waals surface area contributed by atoms with Crippen LogP contribution in [0.2, 0.25) is 0 Å². The Kier molecular flexibility index (Phi) is 5.56. The molecule has 0 bridgehead atoms. The molecule has 18 heavy (non-hydrogen) atoms. The number of ether oxygens (including phenoxy) is 1. The molecule has 1 aliphatic heterocycles. The van der Waals surface area contributed by atoms with Gasteiger partial charge < -0.3 is 15.2 Å². The van der Waals surface area contributed by atoms with Crippen molar-refractivity contribution in [2.45, 2.75) is 51.3 Å². The molecule has 1 unspecified atom stereocenters. The third-order valence-corrected chi connectivity index (χ3v) is 3.44. The molecule has 1 heterocycles. The lowest BCUT2D eigenvalue weighted by atomic mass is 9.93. The SMILES string of the molecule is CC(C)NC(=O)C(C)N(C)CC1(O)CCOCC1. The van der Waals surface area contributed by atoms with E-state index in [1.165, 1.54) is 0 Å². The van der Waals surface area contributed by atoms with E-state index >= 15 is 0 Å². The van der Waals surface area contributed by atoms with Crippen LogP contribution in [0.1, 0.15) is 33.6 Å². The largest absolute Gasteiger partial charge is 0.388 e. The van der Waals surface area contributed by atoms with Crippen LogP contribution in [-0.4, -0.2) is 60.4 Å². The number of aliphatic hydroxyl groups is 1. The van der Waals surface area contributed by atoms with Crippen LogP contribution in [-0.2, 0) is 9.53 Å². The fourth-order valence-corrected chi connectivity index (χ4v) is 2.12. The van der Waals surface area contributed by atoms with E-state index in [2.05, 4.69) is 5.32 Å². The van der Waals surface area contributed by atoms with Crippen molar-refractivity contribution in [1.29, 1.82) is 0 Å². The maximum atomic E-state index is 11.9. The summed E-state index contributed by atoms with van der Waals surface area (Å²) in [5.41, 5.74) is -0.723. The van der Waals surface area contributed by atoms with Gasteiger partial charge in [0.05, 0.1) is 11.6 Å². The number of nitrogens with zero attached hydrogens (tertiary/aromatic N) is 1. The maximum Gasteiger partial charge on any atom is 0.237 e. The maximum absolute atomic E-state index is 11.9. The Bertz CT molecular complexity index is 275. The molecule has 1 saturated heterocycles. The molecule has 1 fully saturated rings. The fourth-order valence-electron chi connectivity index (χ4n) is 2.12. The number of hydrogen-bond donors (Lipinski definition) is 2. The zero-order chi connectivity index (χ0) is 13.8. The van der Waals surface area contributed by atoms with E-state index in [9.17, 15) is 9.90 Å². The third kappa shape index (κ3) is 4.55. The summed E-state index contributed by atoms with van der Waals surface area (Å²) in [6, 6.07) is -0.0983. The highest BCUT2D eigenvalue weighted by Crippen LogP contribution is 2.21. The summed E-state index contributed by atoms with van der Waals surface area (Å²) in [6.07, 6.45) is 1.27. The van der Waals surface area contributed by atoms with E-state index in [1.54, 1.807) is 0 Å². The van der Waals surface area contributed by atoms with Gasteiger partial charge in [-0.15, -0.1) is 0 Å². The first kappa shape index (κ1) is 15.4. The smallest absolute Gasteiger partial charge is 0.237 e. The Labute approximate surface area is 109 Å². The molecule has 0 spiro atoms. The lowest BCUT2D eigenvalue weighted by molar-refractivity contribution is -0.128. The average molecular weight is 258 g/mol. The third-order valence-electron chi connectivity index (χ3n) is 3.44. The van der Waals surface area contributed by atoms with Crippen molar-refractivity contribution in [2.24, 2.45) is 0 Å². The molecule has 1 amide bonds. The molecule has 0 saturated carbocycles. The lowest BCUT2D eigenvalue weighted by Gasteiger charge is -2.37. The van der Waals surface area contributed by atoms with E-state index in [-0.39, 0.29) is 18.0 Å². The van der Waals surface area contributed by atoms with Gasteiger partial charge >= 0.3 is 0 Å². The molecular formula is C13H26N2O3. The molecule has 1 aliphatic rings. The van der Waals surface area contributed by atoms with Crippen molar-refractivity contribution in [2.75, 3.05) is 26.8 Å². The highest BCUT2D eigenvalue weighted by molar-refractivity contribution is 5.81. The normalized spacial score (nSPS) is 21.1. The standard InChI is InChI=1S/C13H26N2O3/c1-10(2)14-12(16)11(3)15(4)9-13(17)5-7-18-8-6-13/h10-11,17H,5-9H2,1-4H3,(H,14,16). The van der Waals surface area contributed by atoms with Crippen molar-refractivity contribution in [3.05, 3.63) is 0 Å². The zero-order valence-electron chi connectivity index (χ0n) is 11.9. The predicted molar refractivity (Wildman–Crippen MR) is 70.4 cm³/mol. The number of carbonyl (C=O) groups excluding carboxylic acids is 1. The summed E-state index contributed by atoms with van der Waals surface area (Å²) in [6.45, 7) is 7.44. The fraction of sp³-hybridized carbons (Fsp3) is 0.923. The summed E-state index contributed by atoms with van der Waals surface area (Å²) in [4.78, 5) is 13.8. The molecule has 0 aromatic carbocycles. The monoisotopic (exact) mass is 258 g/mol. The van der Waals surface area contributed by atoms with Crippen molar-refractivity contribution in [1.82, 2.24) is 10.2 Å². The van der Waals surface area contributed by atoms with Crippen LogP contribution in [0, 0.1) is 0 Å². The quantitative estimate of drug-likeness (QED) is 0.748. The van der Waals surface area contributed by atoms with Crippen LogP contribution in [0.3, 0.4) is 0 Å². The van der Waals surface area contributed by atoms with Gasteiger partial charge in [-0.3, -0.25) is 9.69 Å². The molecule has 5 heteroatoms.